The van der Waals surface area contributed by atoms with Crippen LogP contribution in [0.25, 0.3) is 0 Å². The largest absolute Gasteiger partial charge is 0.462 e. The number of amides is 1. The molecule has 6 nitrogen and oxygen atoms in total. The first-order valence-corrected chi connectivity index (χ1v) is 5.81. The van der Waals surface area contributed by atoms with E-state index in [0.29, 0.717) is 35.7 Å². The average molecular weight is 254 g/mol. The van der Waals surface area contributed by atoms with Crippen molar-refractivity contribution in [1.29, 1.82) is 0 Å². The van der Waals surface area contributed by atoms with E-state index in [9.17, 15) is 9.59 Å². The zero-order chi connectivity index (χ0) is 13.7. The van der Waals surface area contributed by atoms with E-state index in [2.05, 4.69) is 10.5 Å². The molecule has 0 fully saturated rings. The third-order valence-corrected chi connectivity index (χ3v) is 2.45. The smallest absolute Gasteiger partial charge is 0.340 e. The molecule has 0 unspecified atom stereocenters. The predicted octanol–water partition coefficient (Wildman–Crippen LogP) is 1.49. The molecule has 0 aliphatic heterocycles. The Morgan fingerprint density at radius 1 is 1.22 bits per heavy atom. The topological polar surface area (TPSA) is 80.4 Å². The van der Waals surface area contributed by atoms with Crippen LogP contribution in [-0.4, -0.2) is 30.1 Å². The fraction of sp³-hybridized carbons (Fsp3) is 0.500. The summed E-state index contributed by atoms with van der Waals surface area (Å²) >= 11 is 0. The van der Waals surface area contributed by atoms with Gasteiger partial charge in [-0.2, -0.15) is 0 Å². The summed E-state index contributed by atoms with van der Waals surface area (Å²) in [5.41, 5.74) is 4.15. The van der Waals surface area contributed by atoms with Crippen LogP contribution in [0.4, 0.5) is 0 Å². The van der Waals surface area contributed by atoms with E-state index in [4.69, 9.17) is 9.57 Å². The molecule has 0 aliphatic rings. The molecule has 0 aromatic carbocycles. The van der Waals surface area contributed by atoms with Crippen LogP contribution in [-0.2, 0) is 9.57 Å². The van der Waals surface area contributed by atoms with Gasteiger partial charge in [-0.05, 0) is 33.3 Å². The fourth-order valence-electron chi connectivity index (χ4n) is 1.68. The molecule has 2 N–H and O–H groups in total. The molecule has 1 aromatic rings. The lowest BCUT2D eigenvalue weighted by atomic mass is 10.1. The van der Waals surface area contributed by atoms with Gasteiger partial charge in [0, 0.05) is 5.69 Å². The van der Waals surface area contributed by atoms with Crippen molar-refractivity contribution in [3.63, 3.8) is 0 Å². The van der Waals surface area contributed by atoms with Crippen molar-refractivity contribution in [2.24, 2.45) is 0 Å². The van der Waals surface area contributed by atoms with Gasteiger partial charge in [0.25, 0.3) is 5.91 Å². The highest BCUT2D eigenvalue weighted by molar-refractivity contribution is 6.00. The maximum absolute atomic E-state index is 11.8. The second-order valence-electron chi connectivity index (χ2n) is 3.71. The minimum atomic E-state index is -0.431. The van der Waals surface area contributed by atoms with Crippen LogP contribution in [0.3, 0.4) is 0 Å². The van der Waals surface area contributed by atoms with Gasteiger partial charge in [-0.25, -0.2) is 10.3 Å². The van der Waals surface area contributed by atoms with Crippen LogP contribution in [0, 0.1) is 13.8 Å². The van der Waals surface area contributed by atoms with Crippen molar-refractivity contribution >= 4 is 11.9 Å². The number of hydrogen-bond acceptors (Lipinski definition) is 4. The van der Waals surface area contributed by atoms with Crippen molar-refractivity contribution < 1.29 is 19.2 Å². The lowest BCUT2D eigenvalue weighted by molar-refractivity contribution is 0.0360. The summed E-state index contributed by atoms with van der Waals surface area (Å²) in [6.07, 6.45) is 0. The Morgan fingerprint density at radius 2 is 1.89 bits per heavy atom. The Bertz CT molecular complexity index is 451. The number of carbonyl (C=O) groups excluding carboxylic acids is 2. The third-order valence-electron chi connectivity index (χ3n) is 2.45. The minimum absolute atomic E-state index is 0.295. The Labute approximate surface area is 106 Å². The number of nitrogens with one attached hydrogen (secondary N) is 2. The minimum Gasteiger partial charge on any atom is -0.462 e. The van der Waals surface area contributed by atoms with Gasteiger partial charge in [0.15, 0.2) is 0 Å². The number of ether oxygens (including phenoxy) is 1. The summed E-state index contributed by atoms with van der Waals surface area (Å²) in [4.78, 5) is 31.2. The summed E-state index contributed by atoms with van der Waals surface area (Å²) in [6.45, 7) is 7.57. The molecule has 0 bridgehead atoms. The van der Waals surface area contributed by atoms with E-state index in [1.54, 1.807) is 27.7 Å². The Morgan fingerprint density at radius 3 is 2.44 bits per heavy atom. The number of rotatable bonds is 5. The van der Waals surface area contributed by atoms with Crippen LogP contribution in [0.5, 0.6) is 0 Å². The number of hydrogen-bond donors (Lipinski definition) is 2. The molecular weight excluding hydrogens is 236 g/mol. The molecule has 6 heteroatoms. The van der Waals surface area contributed by atoms with Gasteiger partial charge < -0.3 is 9.72 Å². The molecule has 1 amide bonds. The third kappa shape index (κ3) is 2.89. The second-order valence-corrected chi connectivity index (χ2v) is 3.71. The normalized spacial score (nSPS) is 10.2. The first-order chi connectivity index (χ1) is 8.52. The highest BCUT2D eigenvalue weighted by atomic mass is 16.6. The van der Waals surface area contributed by atoms with E-state index < -0.39 is 11.9 Å². The number of aryl methyl sites for hydroxylation is 1. The molecular formula is C12H18N2O4. The van der Waals surface area contributed by atoms with Crippen LogP contribution in [0.2, 0.25) is 0 Å². The fourth-order valence-corrected chi connectivity index (χ4v) is 1.68. The molecule has 1 heterocycles. The Hall–Kier alpha value is -1.82. The number of carbonyl (C=O) groups is 2. The predicted molar refractivity (Wildman–Crippen MR) is 65.3 cm³/mol. The van der Waals surface area contributed by atoms with E-state index in [-0.39, 0.29) is 0 Å². The molecule has 1 rings (SSSR count). The van der Waals surface area contributed by atoms with Gasteiger partial charge in [0.1, 0.15) is 5.69 Å². The Kier molecular flexibility index (Phi) is 4.91. The van der Waals surface area contributed by atoms with Crippen molar-refractivity contribution in [2.75, 3.05) is 13.2 Å². The molecule has 18 heavy (non-hydrogen) atoms. The number of esters is 1. The highest BCUT2D eigenvalue weighted by Gasteiger charge is 2.22. The zero-order valence-electron chi connectivity index (χ0n) is 11.0. The standard InChI is InChI=1S/C12H18N2O4/c1-5-17-12(16)9-7(3)10(13-8(9)4)11(15)14-18-6-2/h13H,5-6H2,1-4H3,(H,14,15). The number of aromatic amines is 1. The van der Waals surface area contributed by atoms with Crippen LogP contribution in [0.1, 0.15) is 46.0 Å². The quantitative estimate of drug-likeness (QED) is 0.616. The zero-order valence-corrected chi connectivity index (χ0v) is 11.0. The molecule has 0 saturated carbocycles. The second kappa shape index (κ2) is 6.20. The molecule has 100 valence electrons. The molecule has 0 spiro atoms. The van der Waals surface area contributed by atoms with Crippen molar-refractivity contribution in [3.05, 3.63) is 22.5 Å². The number of aromatic nitrogens is 1. The van der Waals surface area contributed by atoms with Crippen molar-refractivity contribution in [3.8, 4) is 0 Å². The lowest BCUT2D eigenvalue weighted by Gasteiger charge is -2.04. The number of hydroxylamine groups is 1. The van der Waals surface area contributed by atoms with Crippen LogP contribution in [0.15, 0.2) is 0 Å². The van der Waals surface area contributed by atoms with Gasteiger partial charge in [-0.15, -0.1) is 0 Å². The van der Waals surface area contributed by atoms with Gasteiger partial charge in [0.2, 0.25) is 0 Å². The van der Waals surface area contributed by atoms with E-state index in [1.165, 1.54) is 0 Å². The van der Waals surface area contributed by atoms with Gasteiger partial charge in [0.05, 0.1) is 18.8 Å². The van der Waals surface area contributed by atoms with Crippen LogP contribution < -0.4 is 5.48 Å². The summed E-state index contributed by atoms with van der Waals surface area (Å²) in [5, 5.41) is 0. The SMILES string of the molecule is CCONC(=O)c1[nH]c(C)c(C(=O)OCC)c1C. The highest BCUT2D eigenvalue weighted by Crippen LogP contribution is 2.18. The van der Waals surface area contributed by atoms with Crippen molar-refractivity contribution in [1.82, 2.24) is 10.5 Å². The average Bonchev–Trinajstić information content (AvgIpc) is 2.62. The van der Waals surface area contributed by atoms with Gasteiger partial charge in [-0.3, -0.25) is 9.63 Å². The van der Waals surface area contributed by atoms with E-state index in [1.807, 2.05) is 0 Å². The maximum Gasteiger partial charge on any atom is 0.340 e. The molecule has 0 aliphatic carbocycles. The molecule has 0 radical (unpaired) electrons. The first-order valence-electron chi connectivity index (χ1n) is 5.81. The summed E-state index contributed by atoms with van der Waals surface area (Å²) in [6, 6.07) is 0. The van der Waals surface area contributed by atoms with Crippen molar-refractivity contribution in [2.45, 2.75) is 27.7 Å². The first kappa shape index (κ1) is 14.2. The maximum atomic E-state index is 11.8. The van der Waals surface area contributed by atoms with Gasteiger partial charge in [-0.1, -0.05) is 0 Å². The van der Waals surface area contributed by atoms with E-state index in [0.717, 1.165) is 0 Å². The van der Waals surface area contributed by atoms with Gasteiger partial charge >= 0.3 is 5.97 Å². The Balaban J connectivity index is 3.00. The summed E-state index contributed by atoms with van der Waals surface area (Å²) in [5.74, 6) is -0.841. The molecule has 0 saturated heterocycles. The van der Waals surface area contributed by atoms with E-state index >= 15 is 0 Å². The number of H-pyrrole nitrogens is 1. The van der Waals surface area contributed by atoms with Crippen LogP contribution >= 0.6 is 0 Å². The summed E-state index contributed by atoms with van der Waals surface area (Å²) in [7, 11) is 0. The summed E-state index contributed by atoms with van der Waals surface area (Å²) < 4.78 is 4.94. The molecule has 0 atom stereocenters. The monoisotopic (exact) mass is 254 g/mol. The molecule has 1 aromatic heterocycles. The lowest BCUT2D eigenvalue weighted by Crippen LogP contribution is -2.24.